The molecule has 0 heterocycles. The van der Waals surface area contributed by atoms with Crippen LogP contribution in [-0.4, -0.2) is 25.0 Å². The first-order chi connectivity index (χ1) is 8.08. The average Bonchev–Trinajstić information content (AvgIpc) is 3.09. The summed E-state index contributed by atoms with van der Waals surface area (Å²) in [7, 11) is 2.05. The van der Waals surface area contributed by atoms with Crippen LogP contribution in [0.15, 0.2) is 24.3 Å². The summed E-state index contributed by atoms with van der Waals surface area (Å²) >= 11 is 0. The van der Waals surface area contributed by atoms with Crippen LogP contribution in [-0.2, 0) is 0 Å². The van der Waals surface area contributed by atoms with Crippen LogP contribution in [0, 0.1) is 11.2 Å². The van der Waals surface area contributed by atoms with Gasteiger partial charge in [-0.05, 0) is 44.8 Å². The maximum absolute atomic E-state index is 13.7. The molecule has 94 valence electrons. The lowest BCUT2D eigenvalue weighted by Crippen LogP contribution is -2.33. The van der Waals surface area contributed by atoms with Crippen LogP contribution in [0.1, 0.15) is 31.4 Å². The van der Waals surface area contributed by atoms with Gasteiger partial charge in [0.05, 0.1) is 0 Å². The Labute approximate surface area is 103 Å². The Balaban J connectivity index is 2.04. The number of halogens is 1. The van der Waals surface area contributed by atoms with Gasteiger partial charge in [-0.1, -0.05) is 18.2 Å². The molecule has 1 aliphatic carbocycles. The second kappa shape index (κ2) is 4.75. The molecule has 2 rings (SSSR count). The van der Waals surface area contributed by atoms with Crippen LogP contribution in [0.3, 0.4) is 0 Å². The molecule has 0 aromatic heterocycles. The zero-order valence-electron chi connectivity index (χ0n) is 10.6. The maximum Gasteiger partial charge on any atom is 0.127 e. The fourth-order valence-corrected chi connectivity index (χ4v) is 2.32. The van der Waals surface area contributed by atoms with E-state index in [9.17, 15) is 4.39 Å². The van der Waals surface area contributed by atoms with E-state index in [-0.39, 0.29) is 11.9 Å². The largest absolute Gasteiger partial charge is 0.330 e. The summed E-state index contributed by atoms with van der Waals surface area (Å²) in [6, 6.07) is 7.10. The Morgan fingerprint density at radius 1 is 1.41 bits per heavy atom. The number of hydrogen-bond acceptors (Lipinski definition) is 2. The van der Waals surface area contributed by atoms with Crippen molar-refractivity contribution in [3.05, 3.63) is 35.6 Å². The van der Waals surface area contributed by atoms with E-state index in [1.54, 1.807) is 6.07 Å². The summed E-state index contributed by atoms with van der Waals surface area (Å²) < 4.78 is 13.7. The van der Waals surface area contributed by atoms with Crippen LogP contribution in [0.2, 0.25) is 0 Å². The minimum atomic E-state index is -0.121. The van der Waals surface area contributed by atoms with Crippen molar-refractivity contribution in [1.82, 2.24) is 4.90 Å². The van der Waals surface area contributed by atoms with Crippen molar-refractivity contribution in [2.75, 3.05) is 20.1 Å². The van der Waals surface area contributed by atoms with Gasteiger partial charge < -0.3 is 5.73 Å². The first-order valence-electron chi connectivity index (χ1n) is 6.23. The normalized spacial score (nSPS) is 19.4. The van der Waals surface area contributed by atoms with Gasteiger partial charge in [-0.2, -0.15) is 0 Å². The fourth-order valence-electron chi connectivity index (χ4n) is 2.32. The number of nitrogens with zero attached hydrogens (tertiary/aromatic N) is 1. The highest BCUT2D eigenvalue weighted by Gasteiger charge is 2.42. The molecule has 0 aliphatic heterocycles. The van der Waals surface area contributed by atoms with Crippen molar-refractivity contribution >= 4 is 0 Å². The van der Waals surface area contributed by atoms with E-state index in [2.05, 4.69) is 4.90 Å². The fraction of sp³-hybridized carbons (Fsp3) is 0.571. The van der Waals surface area contributed by atoms with Crippen LogP contribution < -0.4 is 5.73 Å². The lowest BCUT2D eigenvalue weighted by atomic mass is 10.0. The predicted molar refractivity (Wildman–Crippen MR) is 68.2 cm³/mol. The van der Waals surface area contributed by atoms with Gasteiger partial charge in [0.1, 0.15) is 5.82 Å². The predicted octanol–water partition coefficient (Wildman–Crippen LogP) is 2.56. The van der Waals surface area contributed by atoms with Crippen LogP contribution in [0.4, 0.5) is 4.39 Å². The minimum Gasteiger partial charge on any atom is -0.330 e. The molecule has 3 heteroatoms. The third kappa shape index (κ3) is 2.67. The van der Waals surface area contributed by atoms with Crippen molar-refractivity contribution in [3.8, 4) is 0 Å². The average molecular weight is 236 g/mol. The lowest BCUT2D eigenvalue weighted by molar-refractivity contribution is 0.208. The number of hydrogen-bond donors (Lipinski definition) is 1. The molecule has 1 atom stereocenters. The monoisotopic (exact) mass is 236 g/mol. The highest BCUT2D eigenvalue weighted by Crippen LogP contribution is 2.45. The summed E-state index contributed by atoms with van der Waals surface area (Å²) in [5, 5.41) is 0. The summed E-state index contributed by atoms with van der Waals surface area (Å²) in [6.07, 6.45) is 2.41. The van der Waals surface area contributed by atoms with Gasteiger partial charge in [-0.25, -0.2) is 4.39 Å². The van der Waals surface area contributed by atoms with Gasteiger partial charge in [0, 0.05) is 18.2 Å². The summed E-state index contributed by atoms with van der Waals surface area (Å²) in [4.78, 5) is 2.21. The Kier molecular flexibility index (Phi) is 3.50. The molecule has 1 unspecified atom stereocenters. The van der Waals surface area contributed by atoms with Gasteiger partial charge in [-0.15, -0.1) is 0 Å². The molecule has 2 nitrogen and oxygen atoms in total. The molecule has 1 aromatic rings. The van der Waals surface area contributed by atoms with Gasteiger partial charge in [0.25, 0.3) is 0 Å². The molecule has 1 aromatic carbocycles. The highest BCUT2D eigenvalue weighted by molar-refractivity contribution is 5.20. The standard InChI is InChI=1S/C14H21FN2/c1-11(12-5-3-4-6-13(12)15)17(2)10-14(9-16)7-8-14/h3-6,11H,7-10,16H2,1-2H3. The molecule has 0 spiro atoms. The third-order valence-corrected chi connectivity index (χ3v) is 3.99. The second-order valence-electron chi connectivity index (χ2n) is 5.32. The number of nitrogens with two attached hydrogens (primary N) is 1. The van der Waals surface area contributed by atoms with E-state index in [0.717, 1.165) is 18.7 Å². The lowest BCUT2D eigenvalue weighted by Gasteiger charge is -2.29. The zero-order chi connectivity index (χ0) is 12.5. The SMILES string of the molecule is CC(c1ccccc1F)N(C)CC1(CN)CC1. The van der Waals surface area contributed by atoms with Crippen molar-refractivity contribution in [1.29, 1.82) is 0 Å². The van der Waals surface area contributed by atoms with Gasteiger partial charge in [0.15, 0.2) is 0 Å². The van der Waals surface area contributed by atoms with E-state index in [4.69, 9.17) is 5.73 Å². The Morgan fingerprint density at radius 3 is 2.59 bits per heavy atom. The second-order valence-corrected chi connectivity index (χ2v) is 5.32. The first-order valence-corrected chi connectivity index (χ1v) is 6.23. The van der Waals surface area contributed by atoms with E-state index >= 15 is 0 Å². The van der Waals surface area contributed by atoms with Crippen LogP contribution in [0.25, 0.3) is 0 Å². The smallest absolute Gasteiger partial charge is 0.127 e. The van der Waals surface area contributed by atoms with E-state index in [1.165, 1.54) is 18.9 Å². The van der Waals surface area contributed by atoms with Gasteiger partial charge in [-0.3, -0.25) is 4.90 Å². The van der Waals surface area contributed by atoms with E-state index in [1.807, 2.05) is 26.1 Å². The molecule has 1 fully saturated rings. The van der Waals surface area contributed by atoms with E-state index in [0.29, 0.717) is 5.41 Å². The van der Waals surface area contributed by atoms with Crippen molar-refractivity contribution in [2.45, 2.75) is 25.8 Å². The molecule has 0 saturated heterocycles. The molecule has 17 heavy (non-hydrogen) atoms. The van der Waals surface area contributed by atoms with Crippen molar-refractivity contribution in [2.24, 2.45) is 11.1 Å². The molecule has 1 aliphatic rings. The van der Waals surface area contributed by atoms with Crippen LogP contribution >= 0.6 is 0 Å². The highest BCUT2D eigenvalue weighted by atomic mass is 19.1. The van der Waals surface area contributed by atoms with Crippen molar-refractivity contribution in [3.63, 3.8) is 0 Å². The Morgan fingerprint density at radius 2 is 2.06 bits per heavy atom. The van der Waals surface area contributed by atoms with Gasteiger partial charge >= 0.3 is 0 Å². The number of rotatable bonds is 5. The molecule has 1 saturated carbocycles. The first kappa shape index (κ1) is 12.5. The molecular formula is C14H21FN2. The van der Waals surface area contributed by atoms with E-state index < -0.39 is 0 Å². The molecule has 0 amide bonds. The molecule has 0 bridgehead atoms. The Hall–Kier alpha value is -0.930. The number of benzene rings is 1. The molecular weight excluding hydrogens is 215 g/mol. The van der Waals surface area contributed by atoms with Crippen LogP contribution in [0.5, 0.6) is 0 Å². The quantitative estimate of drug-likeness (QED) is 0.851. The van der Waals surface area contributed by atoms with Gasteiger partial charge in [0.2, 0.25) is 0 Å². The topological polar surface area (TPSA) is 29.3 Å². The minimum absolute atomic E-state index is 0.0974. The Bertz CT molecular complexity index is 388. The maximum atomic E-state index is 13.7. The zero-order valence-corrected chi connectivity index (χ0v) is 10.6. The summed E-state index contributed by atoms with van der Waals surface area (Å²) in [5.41, 5.74) is 6.85. The molecule has 2 N–H and O–H groups in total. The summed E-state index contributed by atoms with van der Waals surface area (Å²) in [6.45, 7) is 3.74. The van der Waals surface area contributed by atoms with Crippen molar-refractivity contribution < 1.29 is 4.39 Å². The summed E-state index contributed by atoms with van der Waals surface area (Å²) in [5.74, 6) is -0.121. The molecule has 0 radical (unpaired) electrons. The third-order valence-electron chi connectivity index (χ3n) is 3.99.